The van der Waals surface area contributed by atoms with Crippen LogP contribution in [0.15, 0.2) is 201 Å². The lowest BCUT2D eigenvalue weighted by atomic mass is 10.0. The second kappa shape index (κ2) is 14.3. The zero-order valence-electron chi connectivity index (χ0n) is 34.1. The van der Waals surface area contributed by atoms with Crippen LogP contribution in [0.3, 0.4) is 0 Å². The van der Waals surface area contributed by atoms with Gasteiger partial charge in [0.15, 0.2) is 23.3 Å². The molecule has 13 aromatic rings. The summed E-state index contributed by atoms with van der Waals surface area (Å²) in [4.78, 5) is 34.8. The van der Waals surface area contributed by atoms with E-state index in [0.29, 0.717) is 40.4 Å². The molecule has 298 valence electrons. The number of para-hydroxylation sites is 1. The second-order valence-corrected chi connectivity index (χ2v) is 15.8. The maximum Gasteiger partial charge on any atom is 0.238 e. The third-order valence-electron chi connectivity index (χ3n) is 12.2. The Kier molecular flexibility index (Phi) is 8.01. The summed E-state index contributed by atoms with van der Waals surface area (Å²) in [5.74, 6) is 2.52. The Morgan fingerprint density at radius 1 is 0.297 bits per heavy atom. The van der Waals surface area contributed by atoms with Crippen molar-refractivity contribution in [3.63, 3.8) is 0 Å². The molecule has 0 radical (unpaired) electrons. The lowest BCUT2D eigenvalue weighted by molar-refractivity contribution is 0.950. The van der Waals surface area contributed by atoms with Crippen LogP contribution in [-0.2, 0) is 0 Å². The molecule has 0 saturated carbocycles. The van der Waals surface area contributed by atoms with Crippen LogP contribution < -0.4 is 0 Å². The van der Waals surface area contributed by atoms with E-state index in [0.717, 1.165) is 65.8 Å². The average molecular weight is 820 g/mol. The highest BCUT2D eigenvalue weighted by Gasteiger charge is 2.25. The van der Waals surface area contributed by atoms with Crippen molar-refractivity contribution in [2.45, 2.75) is 0 Å². The molecule has 9 nitrogen and oxygen atoms in total. The first kappa shape index (κ1) is 35.8. The lowest BCUT2D eigenvalue weighted by Gasteiger charge is -2.12. The molecule has 8 aromatic carbocycles. The third-order valence-corrected chi connectivity index (χ3v) is 12.2. The first-order valence-electron chi connectivity index (χ1n) is 21.1. The molecule has 0 bridgehead atoms. The maximum atomic E-state index is 5.30. The molecule has 64 heavy (non-hydrogen) atoms. The third kappa shape index (κ3) is 5.61. The minimum atomic E-state index is 0.424. The topological polar surface area (TPSA) is 100 Å². The second-order valence-electron chi connectivity index (χ2n) is 15.8. The number of aromatic nitrogens is 9. The molecule has 5 heterocycles. The Labute approximate surface area is 365 Å². The summed E-state index contributed by atoms with van der Waals surface area (Å²) in [5, 5.41) is 9.08. The molecule has 0 aliphatic rings. The van der Waals surface area contributed by atoms with Gasteiger partial charge in [0.05, 0.1) is 33.2 Å². The number of hydrogen-bond donors (Lipinski definition) is 0. The Morgan fingerprint density at radius 2 is 0.750 bits per heavy atom. The van der Waals surface area contributed by atoms with E-state index in [2.05, 4.69) is 124 Å². The van der Waals surface area contributed by atoms with Gasteiger partial charge in [-0.05, 0) is 29.0 Å². The van der Waals surface area contributed by atoms with Gasteiger partial charge in [-0.3, -0.25) is 4.57 Å². The van der Waals surface area contributed by atoms with Gasteiger partial charge in [-0.1, -0.05) is 158 Å². The van der Waals surface area contributed by atoms with Crippen molar-refractivity contribution in [3.05, 3.63) is 201 Å². The van der Waals surface area contributed by atoms with Crippen molar-refractivity contribution in [2.24, 2.45) is 0 Å². The van der Waals surface area contributed by atoms with Crippen LogP contribution in [-0.4, -0.2) is 44.0 Å². The summed E-state index contributed by atoms with van der Waals surface area (Å²) in [6.07, 6.45) is 7.11. The summed E-state index contributed by atoms with van der Waals surface area (Å²) >= 11 is 0. The highest BCUT2D eigenvalue weighted by Crippen LogP contribution is 2.45. The van der Waals surface area contributed by atoms with E-state index < -0.39 is 0 Å². The minimum absolute atomic E-state index is 0.424. The molecule has 9 heteroatoms. The number of fused-ring (bicyclic) bond motifs is 11. The Morgan fingerprint density at radius 3 is 1.31 bits per heavy atom. The van der Waals surface area contributed by atoms with Gasteiger partial charge >= 0.3 is 0 Å². The Balaban J connectivity index is 1.13. The molecule has 0 saturated heterocycles. The summed E-state index contributed by atoms with van der Waals surface area (Å²) in [5.41, 5.74) is 8.44. The van der Waals surface area contributed by atoms with E-state index in [-0.39, 0.29) is 0 Å². The van der Waals surface area contributed by atoms with Gasteiger partial charge in [0, 0.05) is 73.9 Å². The summed E-state index contributed by atoms with van der Waals surface area (Å²) in [7, 11) is 0. The lowest BCUT2D eigenvalue weighted by Crippen LogP contribution is -2.07. The van der Waals surface area contributed by atoms with Gasteiger partial charge in [-0.15, -0.1) is 0 Å². The fourth-order valence-electron chi connectivity index (χ4n) is 9.25. The van der Waals surface area contributed by atoms with Gasteiger partial charge in [-0.25, -0.2) is 24.9 Å². The van der Waals surface area contributed by atoms with Crippen molar-refractivity contribution in [1.82, 2.24) is 44.0 Å². The van der Waals surface area contributed by atoms with Crippen molar-refractivity contribution in [1.29, 1.82) is 0 Å². The van der Waals surface area contributed by atoms with Crippen LogP contribution in [0.4, 0.5) is 0 Å². The highest BCUT2D eigenvalue weighted by atomic mass is 15.2. The normalized spacial score (nSPS) is 11.8. The molecule has 0 spiro atoms. The number of rotatable bonds is 6. The molecular weight excluding hydrogens is 787 g/mol. The molecule has 0 fully saturated rings. The summed E-state index contributed by atoms with van der Waals surface area (Å²) in [6, 6.07) is 61.1. The van der Waals surface area contributed by atoms with E-state index in [4.69, 9.17) is 34.9 Å². The zero-order valence-corrected chi connectivity index (χ0v) is 34.1. The van der Waals surface area contributed by atoms with Gasteiger partial charge < -0.3 is 4.57 Å². The molecule has 0 aliphatic heterocycles. The van der Waals surface area contributed by atoms with E-state index >= 15 is 0 Å². The Bertz CT molecular complexity index is 3820. The number of benzene rings is 8. The molecule has 0 N–H and O–H groups in total. The minimum Gasteiger partial charge on any atom is -0.308 e. The molecule has 0 atom stereocenters. The van der Waals surface area contributed by atoms with E-state index in [1.54, 1.807) is 24.8 Å². The molecule has 13 rings (SSSR count). The van der Waals surface area contributed by atoms with Gasteiger partial charge in [0.25, 0.3) is 0 Å². The van der Waals surface area contributed by atoms with E-state index in [1.807, 2.05) is 60.7 Å². The predicted molar refractivity (Wildman–Crippen MR) is 256 cm³/mol. The van der Waals surface area contributed by atoms with Crippen LogP contribution in [0.25, 0.3) is 122 Å². The maximum absolute atomic E-state index is 5.30. The van der Waals surface area contributed by atoms with Crippen molar-refractivity contribution in [2.75, 3.05) is 0 Å². The molecule has 5 aromatic heterocycles. The molecule has 0 amide bonds. The van der Waals surface area contributed by atoms with Gasteiger partial charge in [-0.2, -0.15) is 9.97 Å². The van der Waals surface area contributed by atoms with Crippen molar-refractivity contribution >= 4 is 65.2 Å². The van der Waals surface area contributed by atoms with Gasteiger partial charge in [0.1, 0.15) is 0 Å². The number of hydrogen-bond acceptors (Lipinski definition) is 7. The monoisotopic (exact) mass is 819 g/mol. The standard InChI is InChI=1S/C55H33N9/c1-4-16-36(17-5-1)51-56-30-38(31-57-51)53-60-54(39-32-58-52(59-33-39)37-18-6-2-7-19-37)62-55(61-53)64-46-29-28-44-43-26-24-34-14-10-12-22-41(34)48(43)63(40-20-8-3-9-21-40)50(44)47(46)45-27-25-35-15-11-13-23-42(35)49(45)64/h1-33H. The smallest absolute Gasteiger partial charge is 0.238 e. The summed E-state index contributed by atoms with van der Waals surface area (Å²) < 4.78 is 4.64. The first-order chi connectivity index (χ1) is 31.7. The largest absolute Gasteiger partial charge is 0.308 e. The van der Waals surface area contributed by atoms with Crippen LogP contribution in [0.2, 0.25) is 0 Å². The van der Waals surface area contributed by atoms with Crippen LogP contribution >= 0.6 is 0 Å². The quantitative estimate of drug-likeness (QED) is 0.165. The molecular formula is C55H33N9. The van der Waals surface area contributed by atoms with Crippen molar-refractivity contribution in [3.8, 4) is 57.2 Å². The fraction of sp³-hybridized carbons (Fsp3) is 0. The zero-order chi connectivity index (χ0) is 42.1. The SMILES string of the molecule is c1ccc(-c2ncc(-c3nc(-c4cnc(-c5ccccc5)nc4)nc(-n4c5ccc6c7ccc8ccccc8c7n(-c7ccccc7)c6c5c5ccc6ccccc6c54)n3)cn2)cc1. The summed E-state index contributed by atoms with van der Waals surface area (Å²) in [6.45, 7) is 0. The van der Waals surface area contributed by atoms with Crippen molar-refractivity contribution < 1.29 is 0 Å². The molecule has 0 aliphatic carbocycles. The van der Waals surface area contributed by atoms with E-state index in [1.165, 1.54) is 16.2 Å². The number of nitrogens with zero attached hydrogens (tertiary/aromatic N) is 9. The van der Waals surface area contributed by atoms with Crippen LogP contribution in [0.5, 0.6) is 0 Å². The molecule has 0 unspecified atom stereocenters. The first-order valence-corrected chi connectivity index (χ1v) is 21.1. The highest BCUT2D eigenvalue weighted by molar-refractivity contribution is 6.30. The van der Waals surface area contributed by atoms with Crippen LogP contribution in [0.1, 0.15) is 0 Å². The average Bonchev–Trinajstić information content (AvgIpc) is 3.91. The Hall–Kier alpha value is -8.95. The van der Waals surface area contributed by atoms with Crippen LogP contribution in [0, 0.1) is 0 Å². The predicted octanol–water partition coefficient (Wildman–Crippen LogP) is 12.6. The fourth-order valence-corrected chi connectivity index (χ4v) is 9.25. The van der Waals surface area contributed by atoms with E-state index in [9.17, 15) is 0 Å². The van der Waals surface area contributed by atoms with Gasteiger partial charge in [0.2, 0.25) is 5.95 Å².